The van der Waals surface area contributed by atoms with Gasteiger partial charge < -0.3 is 19.9 Å². The molecule has 1 fully saturated rings. The molecule has 28 heavy (non-hydrogen) atoms. The van der Waals surface area contributed by atoms with Crippen molar-refractivity contribution in [1.29, 1.82) is 0 Å². The number of pyridine rings is 1. The van der Waals surface area contributed by atoms with Crippen LogP contribution in [-0.4, -0.2) is 45.4 Å². The Kier molecular flexibility index (Phi) is 4.47. The quantitative estimate of drug-likeness (QED) is 0.487. The van der Waals surface area contributed by atoms with Crippen LogP contribution in [0.4, 0.5) is 23.0 Å². The number of aromatic nitrogens is 2. The maximum atomic E-state index is 11.6. The Balaban J connectivity index is 1.61. The second-order valence-corrected chi connectivity index (χ2v) is 6.75. The molecular weight excluding hydrogens is 388 g/mol. The molecule has 1 aliphatic rings. The van der Waals surface area contributed by atoms with E-state index >= 15 is 0 Å². The number of halogens is 1. The molecule has 0 spiro atoms. The summed E-state index contributed by atoms with van der Waals surface area (Å²) in [6.07, 6.45) is 1.61. The van der Waals surface area contributed by atoms with Crippen molar-refractivity contribution in [1.82, 2.24) is 9.38 Å². The van der Waals surface area contributed by atoms with Gasteiger partial charge in [0.15, 0.2) is 0 Å². The van der Waals surface area contributed by atoms with E-state index in [1.807, 2.05) is 9.80 Å². The molecule has 4 rings (SSSR count). The van der Waals surface area contributed by atoms with Crippen molar-refractivity contribution in [2.75, 3.05) is 36.0 Å². The molecule has 0 radical (unpaired) electrons. The minimum atomic E-state index is -0.458. The lowest BCUT2D eigenvalue weighted by Crippen LogP contribution is -2.47. The van der Waals surface area contributed by atoms with Crippen molar-refractivity contribution >= 4 is 40.3 Å². The molecule has 3 heterocycles. The van der Waals surface area contributed by atoms with Gasteiger partial charge in [0.25, 0.3) is 5.69 Å². The second kappa shape index (κ2) is 6.97. The molecule has 0 unspecified atom stereocenters. The van der Waals surface area contributed by atoms with Crippen LogP contribution in [0.25, 0.3) is 5.65 Å². The lowest BCUT2D eigenvalue weighted by molar-refractivity contribution is -0.389. The first kappa shape index (κ1) is 18.0. The lowest BCUT2D eigenvalue weighted by atomic mass is 10.2. The van der Waals surface area contributed by atoms with E-state index in [1.54, 1.807) is 36.5 Å². The lowest BCUT2D eigenvalue weighted by Gasteiger charge is -2.35. The van der Waals surface area contributed by atoms with E-state index in [9.17, 15) is 20.2 Å². The molecule has 0 atom stereocenters. The molecule has 0 bridgehead atoms. The van der Waals surface area contributed by atoms with Gasteiger partial charge in [-0.2, -0.15) is 9.38 Å². The first-order valence-corrected chi connectivity index (χ1v) is 8.89. The molecule has 10 nitrogen and oxygen atoms in total. The van der Waals surface area contributed by atoms with Crippen molar-refractivity contribution < 1.29 is 9.85 Å². The molecule has 1 aromatic carbocycles. The van der Waals surface area contributed by atoms with E-state index in [4.69, 9.17) is 11.6 Å². The van der Waals surface area contributed by atoms with Gasteiger partial charge in [-0.15, -0.1) is 0 Å². The minimum Gasteiger partial charge on any atom is -0.362 e. The standard InChI is InChI=1S/C17H15ClN6O4/c18-12-4-5-13(14(11-12)23(25)26)20-7-9-21(10-8-20)16-17(24(27)28)22-6-2-1-3-15(22)19-16/h1-6,11H,7-10H2. The number of imidazole rings is 1. The zero-order chi connectivity index (χ0) is 19.8. The van der Waals surface area contributed by atoms with Crippen molar-refractivity contribution in [3.8, 4) is 0 Å². The van der Waals surface area contributed by atoms with Crippen LogP contribution in [0.15, 0.2) is 42.6 Å². The summed E-state index contributed by atoms with van der Waals surface area (Å²) in [4.78, 5) is 30.2. The summed E-state index contributed by atoms with van der Waals surface area (Å²) in [5.41, 5.74) is 0.929. The number of nitro benzene ring substituents is 1. The van der Waals surface area contributed by atoms with E-state index in [-0.39, 0.29) is 11.5 Å². The Morgan fingerprint density at radius 1 is 0.964 bits per heavy atom. The average Bonchev–Trinajstić information content (AvgIpc) is 3.08. The van der Waals surface area contributed by atoms with E-state index in [2.05, 4.69) is 4.98 Å². The highest BCUT2D eigenvalue weighted by molar-refractivity contribution is 6.30. The van der Waals surface area contributed by atoms with Gasteiger partial charge in [0.1, 0.15) is 5.69 Å². The average molecular weight is 403 g/mol. The maximum absolute atomic E-state index is 11.6. The van der Waals surface area contributed by atoms with Gasteiger partial charge in [0.2, 0.25) is 11.5 Å². The third-order valence-electron chi connectivity index (χ3n) is 4.71. The Hall–Kier alpha value is -3.40. The smallest absolute Gasteiger partial charge is 0.362 e. The summed E-state index contributed by atoms with van der Waals surface area (Å²) in [7, 11) is 0. The summed E-state index contributed by atoms with van der Waals surface area (Å²) >= 11 is 5.88. The predicted octanol–water partition coefficient (Wildman–Crippen LogP) is 3.13. The summed E-state index contributed by atoms with van der Waals surface area (Å²) in [6, 6.07) is 9.77. The predicted molar refractivity (Wildman–Crippen MR) is 104 cm³/mol. The molecule has 0 saturated carbocycles. The number of nitro groups is 2. The third-order valence-corrected chi connectivity index (χ3v) is 4.95. The fourth-order valence-corrected chi connectivity index (χ4v) is 3.59. The van der Waals surface area contributed by atoms with Crippen molar-refractivity contribution in [2.45, 2.75) is 0 Å². The molecule has 1 aliphatic heterocycles. The zero-order valence-corrected chi connectivity index (χ0v) is 15.3. The summed E-state index contributed by atoms with van der Waals surface area (Å²) in [5, 5.41) is 23.2. The highest BCUT2D eigenvalue weighted by atomic mass is 35.5. The Bertz CT molecular complexity index is 1080. The van der Waals surface area contributed by atoms with Gasteiger partial charge in [-0.3, -0.25) is 10.1 Å². The van der Waals surface area contributed by atoms with Gasteiger partial charge in [-0.1, -0.05) is 17.7 Å². The van der Waals surface area contributed by atoms with Crippen molar-refractivity contribution in [3.05, 3.63) is 67.8 Å². The van der Waals surface area contributed by atoms with Crippen LogP contribution in [0.5, 0.6) is 0 Å². The van der Waals surface area contributed by atoms with Crippen LogP contribution >= 0.6 is 11.6 Å². The maximum Gasteiger partial charge on any atom is 0.372 e. The number of nitrogens with zero attached hydrogens (tertiary/aromatic N) is 6. The topological polar surface area (TPSA) is 110 Å². The second-order valence-electron chi connectivity index (χ2n) is 6.31. The van der Waals surface area contributed by atoms with E-state index in [0.717, 1.165) is 0 Å². The highest BCUT2D eigenvalue weighted by Gasteiger charge is 2.30. The molecule has 0 amide bonds. The molecule has 3 aromatic rings. The number of benzene rings is 1. The number of hydrogen-bond acceptors (Lipinski definition) is 7. The summed E-state index contributed by atoms with van der Waals surface area (Å²) < 4.78 is 1.45. The zero-order valence-electron chi connectivity index (χ0n) is 14.6. The Morgan fingerprint density at radius 2 is 1.68 bits per heavy atom. The number of anilines is 2. The van der Waals surface area contributed by atoms with Crippen LogP contribution in [0, 0.1) is 20.2 Å². The molecule has 0 N–H and O–H groups in total. The van der Waals surface area contributed by atoms with Gasteiger partial charge >= 0.3 is 5.82 Å². The Labute approximate surface area is 163 Å². The first-order valence-electron chi connectivity index (χ1n) is 8.51. The summed E-state index contributed by atoms with van der Waals surface area (Å²) in [6.45, 7) is 1.83. The fourth-order valence-electron chi connectivity index (χ4n) is 3.42. The number of piperazine rings is 1. The molecule has 2 aromatic heterocycles. The number of fused-ring (bicyclic) bond motifs is 1. The monoisotopic (exact) mass is 402 g/mol. The molecule has 11 heteroatoms. The van der Waals surface area contributed by atoms with Gasteiger partial charge in [0.05, 0.1) is 11.1 Å². The fraction of sp³-hybridized carbons (Fsp3) is 0.235. The molecular formula is C17H15ClN6O4. The number of hydrogen-bond donors (Lipinski definition) is 0. The van der Waals surface area contributed by atoms with Crippen molar-refractivity contribution in [2.24, 2.45) is 0 Å². The van der Waals surface area contributed by atoms with Crippen LogP contribution in [0.1, 0.15) is 0 Å². The highest BCUT2D eigenvalue weighted by Crippen LogP contribution is 2.34. The van der Waals surface area contributed by atoms with Gasteiger partial charge in [-0.25, -0.2) is 0 Å². The van der Waals surface area contributed by atoms with Gasteiger partial charge in [0, 0.05) is 43.3 Å². The first-order chi connectivity index (χ1) is 13.5. The van der Waals surface area contributed by atoms with Crippen LogP contribution in [0.3, 0.4) is 0 Å². The summed E-state index contributed by atoms with van der Waals surface area (Å²) in [5.74, 6) is 0.225. The van der Waals surface area contributed by atoms with Crippen LogP contribution in [-0.2, 0) is 0 Å². The van der Waals surface area contributed by atoms with E-state index in [0.29, 0.717) is 48.4 Å². The van der Waals surface area contributed by atoms with Crippen LogP contribution in [0.2, 0.25) is 5.02 Å². The largest absolute Gasteiger partial charge is 0.372 e. The van der Waals surface area contributed by atoms with Crippen LogP contribution < -0.4 is 9.80 Å². The van der Waals surface area contributed by atoms with E-state index in [1.165, 1.54) is 10.5 Å². The molecule has 0 aliphatic carbocycles. The van der Waals surface area contributed by atoms with E-state index < -0.39 is 9.85 Å². The number of rotatable bonds is 4. The van der Waals surface area contributed by atoms with Gasteiger partial charge in [-0.05, 0) is 23.1 Å². The third kappa shape index (κ3) is 3.07. The SMILES string of the molecule is O=[N+]([O-])c1cc(Cl)ccc1N1CCN(c2nc3ccccn3c2[N+](=O)[O-])CC1. The molecule has 144 valence electrons. The van der Waals surface area contributed by atoms with Crippen molar-refractivity contribution in [3.63, 3.8) is 0 Å². The Morgan fingerprint density at radius 3 is 2.36 bits per heavy atom. The minimum absolute atomic E-state index is 0.0559. The normalized spacial score (nSPS) is 14.5. The molecule has 1 saturated heterocycles.